The van der Waals surface area contributed by atoms with Gasteiger partial charge in [-0.05, 0) is 42.0 Å². The van der Waals surface area contributed by atoms with Crippen molar-refractivity contribution in [2.75, 3.05) is 0 Å². The van der Waals surface area contributed by atoms with Crippen molar-refractivity contribution in [2.45, 2.75) is 6.92 Å². The molecule has 0 fully saturated rings. The molecule has 0 radical (unpaired) electrons. The van der Waals surface area contributed by atoms with Gasteiger partial charge in [-0.2, -0.15) is 0 Å². The molecule has 4 heteroatoms. The first kappa shape index (κ1) is 15.1. The van der Waals surface area contributed by atoms with Crippen LogP contribution in [0.5, 0.6) is 5.75 Å². The predicted octanol–water partition coefficient (Wildman–Crippen LogP) is 3.94. The summed E-state index contributed by atoms with van der Waals surface area (Å²) in [6.07, 6.45) is 3.90. The average Bonchev–Trinajstić information content (AvgIpc) is 2.99. The van der Waals surface area contributed by atoms with Gasteiger partial charge in [-0.3, -0.25) is 0 Å². The predicted molar refractivity (Wildman–Crippen MR) is 102 cm³/mol. The first-order valence-electron chi connectivity index (χ1n) is 7.62. The summed E-state index contributed by atoms with van der Waals surface area (Å²) in [5.41, 5.74) is 4.25. The van der Waals surface area contributed by atoms with Crippen LogP contribution in [-0.2, 0) is 7.05 Å². The maximum atomic E-state index is 10.6. The molecule has 24 heavy (non-hydrogen) atoms. The zero-order valence-corrected chi connectivity index (χ0v) is 15.0. The Morgan fingerprint density at radius 3 is 2.83 bits per heavy atom. The Labute approximate surface area is 147 Å². The van der Waals surface area contributed by atoms with E-state index in [1.54, 1.807) is 0 Å². The summed E-state index contributed by atoms with van der Waals surface area (Å²) in [5, 5.41) is 13.1. The van der Waals surface area contributed by atoms with Crippen molar-refractivity contribution in [3.05, 3.63) is 62.8 Å². The molecule has 2 aromatic heterocycles. The molecule has 3 nitrogen and oxygen atoms in total. The molecule has 0 unspecified atom stereocenters. The number of aromatic nitrogens is 1. The smallest absolute Gasteiger partial charge is 0.170 e. The van der Waals surface area contributed by atoms with E-state index in [4.69, 9.17) is 4.42 Å². The van der Waals surface area contributed by atoms with Gasteiger partial charge in [0.2, 0.25) is 0 Å². The van der Waals surface area contributed by atoms with Crippen molar-refractivity contribution < 1.29 is 9.52 Å². The van der Waals surface area contributed by atoms with E-state index in [9.17, 15) is 5.11 Å². The van der Waals surface area contributed by atoms with Crippen molar-refractivity contribution in [3.63, 3.8) is 0 Å². The number of hydrogen-bond donors (Lipinski definition) is 1. The highest BCUT2D eigenvalue weighted by Crippen LogP contribution is 2.29. The van der Waals surface area contributed by atoms with Gasteiger partial charge in [0.15, 0.2) is 11.2 Å². The second kappa shape index (κ2) is 5.28. The highest BCUT2D eigenvalue weighted by Gasteiger charge is 2.12. The number of hydrogen-bond acceptors (Lipinski definition) is 2. The Morgan fingerprint density at radius 2 is 2.04 bits per heavy atom. The second-order valence-electron chi connectivity index (χ2n) is 6.09. The molecule has 4 aromatic rings. The van der Waals surface area contributed by atoms with E-state index in [1.165, 1.54) is 0 Å². The molecular weight excluding hydrogens is 366 g/mol. The lowest BCUT2D eigenvalue weighted by atomic mass is 10.1. The summed E-state index contributed by atoms with van der Waals surface area (Å²) >= 11 is 3.61. The van der Waals surface area contributed by atoms with Gasteiger partial charge in [-0.15, -0.1) is 0 Å². The van der Waals surface area contributed by atoms with Crippen LogP contribution in [0.2, 0.25) is 0 Å². The molecule has 0 aliphatic heterocycles. The first-order chi connectivity index (χ1) is 11.5. The molecule has 2 aromatic carbocycles. The summed E-state index contributed by atoms with van der Waals surface area (Å²) in [4.78, 5) is 0. The third-order valence-corrected chi connectivity index (χ3v) is 4.96. The maximum absolute atomic E-state index is 10.6. The fourth-order valence-corrected chi connectivity index (χ4v) is 3.83. The summed E-state index contributed by atoms with van der Waals surface area (Å²) in [7, 11) is 2.00. The third-order valence-electron chi connectivity index (χ3n) is 4.30. The summed E-state index contributed by atoms with van der Waals surface area (Å²) in [6, 6.07) is 9.94. The zero-order valence-electron chi connectivity index (χ0n) is 13.4. The summed E-state index contributed by atoms with van der Waals surface area (Å²) < 4.78 is 8.96. The number of halogens is 1. The minimum Gasteiger partial charge on any atom is -0.504 e. The van der Waals surface area contributed by atoms with Crippen molar-refractivity contribution in [1.82, 2.24) is 4.57 Å². The van der Waals surface area contributed by atoms with Crippen LogP contribution in [0, 0.1) is 6.92 Å². The van der Waals surface area contributed by atoms with Gasteiger partial charge in [0.1, 0.15) is 5.58 Å². The molecule has 0 aliphatic carbocycles. The molecule has 0 aliphatic rings. The van der Waals surface area contributed by atoms with Gasteiger partial charge in [0.25, 0.3) is 0 Å². The quantitative estimate of drug-likeness (QED) is 0.542. The van der Waals surface area contributed by atoms with Gasteiger partial charge >= 0.3 is 0 Å². The molecule has 4 rings (SSSR count). The van der Waals surface area contributed by atoms with Gasteiger partial charge in [0.05, 0.1) is 5.39 Å². The first-order valence-corrected chi connectivity index (χ1v) is 8.41. The Morgan fingerprint density at radius 1 is 1.25 bits per heavy atom. The van der Waals surface area contributed by atoms with Crippen LogP contribution in [0.25, 0.3) is 34.5 Å². The van der Waals surface area contributed by atoms with Gasteiger partial charge in [0, 0.05) is 34.2 Å². The number of aromatic hydroxyl groups is 1. The maximum Gasteiger partial charge on any atom is 0.170 e. The Kier molecular flexibility index (Phi) is 3.32. The largest absolute Gasteiger partial charge is 0.504 e. The third kappa shape index (κ3) is 2.18. The SMILES string of the molecule is C=c1cc(C)cc2o/c(=C\c3cn(C)c4cccc(Br)c34)c(O)c12. The number of rotatable bonds is 1. The molecule has 120 valence electrons. The summed E-state index contributed by atoms with van der Waals surface area (Å²) in [5.74, 6) is 0.138. The van der Waals surface area contributed by atoms with E-state index < -0.39 is 0 Å². The van der Waals surface area contributed by atoms with Crippen LogP contribution in [0.4, 0.5) is 0 Å². The van der Waals surface area contributed by atoms with Crippen LogP contribution in [0.3, 0.4) is 0 Å². The van der Waals surface area contributed by atoms with Gasteiger partial charge in [-0.1, -0.05) is 34.6 Å². The van der Waals surface area contributed by atoms with Crippen molar-refractivity contribution in [1.29, 1.82) is 0 Å². The Hall–Kier alpha value is -2.46. The minimum atomic E-state index is 0.138. The average molecular weight is 382 g/mol. The van der Waals surface area contributed by atoms with Crippen LogP contribution >= 0.6 is 15.9 Å². The lowest BCUT2D eigenvalue weighted by molar-refractivity contribution is 0.450. The number of fused-ring (bicyclic) bond motifs is 2. The number of nitrogens with zero attached hydrogens (tertiary/aromatic N) is 1. The lowest BCUT2D eigenvalue weighted by Gasteiger charge is -1.97. The van der Waals surface area contributed by atoms with Crippen molar-refractivity contribution in [3.8, 4) is 5.75 Å². The monoisotopic (exact) mass is 381 g/mol. The lowest BCUT2D eigenvalue weighted by Crippen LogP contribution is -2.00. The second-order valence-corrected chi connectivity index (χ2v) is 6.94. The van der Waals surface area contributed by atoms with Crippen molar-refractivity contribution >= 4 is 50.5 Å². The van der Waals surface area contributed by atoms with Crippen molar-refractivity contribution in [2.24, 2.45) is 7.05 Å². The van der Waals surface area contributed by atoms with E-state index in [0.717, 1.165) is 31.7 Å². The number of aryl methyl sites for hydroxylation is 2. The van der Waals surface area contributed by atoms with E-state index >= 15 is 0 Å². The molecule has 0 atom stereocenters. The minimum absolute atomic E-state index is 0.138. The van der Waals surface area contributed by atoms with Crippen LogP contribution < -0.4 is 10.6 Å². The molecule has 2 heterocycles. The summed E-state index contributed by atoms with van der Waals surface area (Å²) in [6.45, 7) is 6.00. The topological polar surface area (TPSA) is 38.3 Å². The molecular formula is C20H16BrNO2. The van der Waals surface area contributed by atoms with Crippen LogP contribution in [0.1, 0.15) is 11.1 Å². The van der Waals surface area contributed by atoms with Gasteiger partial charge in [-0.25, -0.2) is 0 Å². The molecule has 0 spiro atoms. The highest BCUT2D eigenvalue weighted by atomic mass is 79.9. The zero-order chi connectivity index (χ0) is 17.0. The molecule has 0 saturated heterocycles. The molecule has 0 saturated carbocycles. The number of furan rings is 1. The van der Waals surface area contributed by atoms with E-state index in [0.29, 0.717) is 16.4 Å². The van der Waals surface area contributed by atoms with Crippen LogP contribution in [-0.4, -0.2) is 9.67 Å². The molecule has 1 N–H and O–H groups in total. The standard InChI is InChI=1S/C20H16BrNO2/c1-11-7-12(2)18-16(8-11)24-17(20(18)23)9-13-10-22(3)15-6-4-5-14(21)19(13)15/h4-10,23H,2H2,1,3H3/b17-9-. The van der Waals surface area contributed by atoms with E-state index in [1.807, 2.05) is 50.5 Å². The van der Waals surface area contributed by atoms with E-state index in [2.05, 4.69) is 33.1 Å². The van der Waals surface area contributed by atoms with Crippen LogP contribution in [0.15, 0.2) is 45.4 Å². The molecule has 0 amide bonds. The normalized spacial score (nSPS) is 12.5. The highest BCUT2D eigenvalue weighted by molar-refractivity contribution is 9.10. The van der Waals surface area contributed by atoms with E-state index in [-0.39, 0.29) is 5.75 Å². The van der Waals surface area contributed by atoms with Gasteiger partial charge < -0.3 is 14.1 Å². The Balaban J connectivity index is 2.07. The molecule has 0 bridgehead atoms. The number of benzene rings is 2. The Bertz CT molecular complexity index is 1210. The fraction of sp³-hybridized carbons (Fsp3) is 0.100. The fourth-order valence-electron chi connectivity index (χ4n) is 3.25.